The van der Waals surface area contributed by atoms with Gasteiger partial charge in [0, 0.05) is 0 Å². The van der Waals surface area contributed by atoms with Crippen molar-refractivity contribution in [2.45, 2.75) is 51.0 Å². The molecule has 9 N–H and O–H groups in total. The van der Waals surface area contributed by atoms with Gasteiger partial charge in [-0.15, -0.1) is 0 Å². The average molecular weight is 392 g/mol. The molecule has 0 radical (unpaired) electrons. The van der Waals surface area contributed by atoms with Crippen molar-refractivity contribution in [1.82, 2.24) is 16.0 Å². The molecule has 0 aliphatic heterocycles. The normalized spacial score (nSPS) is 16.6. The molecular weight excluding hydrogens is 364 g/mol. The lowest BCUT2D eigenvalue weighted by Crippen LogP contribution is -2.60. The maximum atomic E-state index is 12.4. The molecule has 27 heavy (non-hydrogen) atoms. The average Bonchev–Trinajstić information content (AvgIpc) is 2.59. The highest BCUT2D eigenvalue weighted by Gasteiger charge is 2.31. The van der Waals surface area contributed by atoms with Crippen molar-refractivity contribution in [3.8, 4) is 0 Å². The minimum absolute atomic E-state index is 0.429. The third-order valence-electron chi connectivity index (χ3n) is 3.68. The zero-order chi connectivity index (χ0) is 21.3. The summed E-state index contributed by atoms with van der Waals surface area (Å²) in [4.78, 5) is 47.2. The molecule has 0 saturated heterocycles. The molecule has 0 saturated carbocycles. The highest BCUT2D eigenvalue weighted by atomic mass is 16.4. The van der Waals surface area contributed by atoms with E-state index in [0.717, 1.165) is 0 Å². The molecule has 0 fully saturated rings. The van der Waals surface area contributed by atoms with Crippen LogP contribution in [0.25, 0.3) is 0 Å². The van der Waals surface area contributed by atoms with Gasteiger partial charge in [0.2, 0.25) is 17.7 Å². The number of nitrogens with one attached hydrogen (secondary N) is 3. The maximum absolute atomic E-state index is 12.4. The zero-order valence-corrected chi connectivity index (χ0v) is 15.4. The van der Waals surface area contributed by atoms with Crippen molar-refractivity contribution in [2.75, 3.05) is 13.2 Å². The lowest BCUT2D eigenvalue weighted by atomic mass is 10.0. The van der Waals surface area contributed by atoms with E-state index in [1.54, 1.807) is 13.8 Å². The second-order valence-electron chi connectivity index (χ2n) is 6.32. The maximum Gasteiger partial charge on any atom is 0.328 e. The fraction of sp³-hybridized carbons (Fsp3) is 0.733. The van der Waals surface area contributed by atoms with Gasteiger partial charge in [-0.1, -0.05) is 13.8 Å². The Labute approximate surface area is 156 Å². The largest absolute Gasteiger partial charge is 0.480 e. The molecule has 0 aliphatic carbocycles. The van der Waals surface area contributed by atoms with E-state index in [0.29, 0.717) is 0 Å². The topological polar surface area (TPSA) is 211 Å². The van der Waals surface area contributed by atoms with Crippen LogP contribution in [0.4, 0.5) is 0 Å². The van der Waals surface area contributed by atoms with Gasteiger partial charge < -0.3 is 42.1 Å². The van der Waals surface area contributed by atoms with E-state index in [9.17, 15) is 29.4 Å². The Bertz CT molecular complexity index is 540. The lowest BCUT2D eigenvalue weighted by molar-refractivity contribution is -0.143. The van der Waals surface area contributed by atoms with Gasteiger partial charge in [0.05, 0.1) is 19.3 Å². The molecule has 0 aliphatic rings. The van der Waals surface area contributed by atoms with E-state index in [4.69, 9.17) is 15.9 Å². The summed E-state index contributed by atoms with van der Waals surface area (Å²) in [5.74, 6) is -4.55. The van der Waals surface area contributed by atoms with Gasteiger partial charge in [0.1, 0.15) is 24.2 Å². The van der Waals surface area contributed by atoms with E-state index < -0.39 is 73.1 Å². The molecule has 5 atom stereocenters. The number of aliphatic hydroxyl groups excluding tert-OH is 3. The number of rotatable bonds is 11. The number of aliphatic hydroxyl groups is 3. The Hall–Kier alpha value is -2.28. The van der Waals surface area contributed by atoms with Crippen LogP contribution in [-0.2, 0) is 19.2 Å². The second kappa shape index (κ2) is 11.4. The summed E-state index contributed by atoms with van der Waals surface area (Å²) in [5, 5.41) is 42.9. The smallest absolute Gasteiger partial charge is 0.328 e. The Morgan fingerprint density at radius 3 is 1.70 bits per heavy atom. The van der Waals surface area contributed by atoms with E-state index in [-0.39, 0.29) is 0 Å². The van der Waals surface area contributed by atoms with Crippen molar-refractivity contribution in [2.24, 2.45) is 11.7 Å². The molecule has 12 nitrogen and oxygen atoms in total. The molecule has 0 rings (SSSR count). The highest BCUT2D eigenvalue weighted by molar-refractivity contribution is 5.94. The fourth-order valence-corrected chi connectivity index (χ4v) is 1.92. The van der Waals surface area contributed by atoms with E-state index in [1.165, 1.54) is 6.92 Å². The first-order chi connectivity index (χ1) is 12.5. The Morgan fingerprint density at radius 1 is 0.852 bits per heavy atom. The monoisotopic (exact) mass is 392 g/mol. The number of carboxylic acid groups (broad SMARTS) is 1. The molecule has 156 valence electrons. The molecule has 0 heterocycles. The molecule has 0 bridgehead atoms. The molecule has 0 spiro atoms. The minimum atomic E-state index is -1.60. The number of hydrogen-bond acceptors (Lipinski definition) is 8. The zero-order valence-electron chi connectivity index (χ0n) is 15.4. The molecule has 12 heteroatoms. The molecule has 0 aromatic carbocycles. The number of hydrogen-bond donors (Lipinski definition) is 8. The summed E-state index contributed by atoms with van der Waals surface area (Å²) in [5.41, 5.74) is 5.51. The summed E-state index contributed by atoms with van der Waals surface area (Å²) in [6.45, 7) is 2.80. The van der Waals surface area contributed by atoms with Crippen LogP contribution in [0.1, 0.15) is 20.8 Å². The SMILES string of the molecule is CC(C)C(NC(=O)C(N)C(C)O)C(=O)NC(CO)C(=O)NC(CO)C(=O)O. The van der Waals surface area contributed by atoms with Gasteiger partial charge in [0.25, 0.3) is 0 Å². The van der Waals surface area contributed by atoms with Gasteiger partial charge >= 0.3 is 5.97 Å². The number of aliphatic carboxylic acids is 1. The Morgan fingerprint density at radius 2 is 1.33 bits per heavy atom. The Balaban J connectivity index is 5.10. The Kier molecular flexibility index (Phi) is 10.5. The summed E-state index contributed by atoms with van der Waals surface area (Å²) < 4.78 is 0. The van der Waals surface area contributed by atoms with Gasteiger partial charge in [-0.05, 0) is 12.8 Å². The first-order valence-corrected chi connectivity index (χ1v) is 8.25. The van der Waals surface area contributed by atoms with Crippen molar-refractivity contribution in [3.05, 3.63) is 0 Å². The van der Waals surface area contributed by atoms with E-state index >= 15 is 0 Å². The van der Waals surface area contributed by atoms with Gasteiger partial charge in [-0.2, -0.15) is 0 Å². The highest BCUT2D eigenvalue weighted by Crippen LogP contribution is 2.04. The van der Waals surface area contributed by atoms with Crippen LogP contribution in [0.3, 0.4) is 0 Å². The van der Waals surface area contributed by atoms with Crippen LogP contribution >= 0.6 is 0 Å². The van der Waals surface area contributed by atoms with Gasteiger partial charge in [-0.3, -0.25) is 14.4 Å². The van der Waals surface area contributed by atoms with Crippen LogP contribution in [-0.4, -0.2) is 87.6 Å². The third-order valence-corrected chi connectivity index (χ3v) is 3.68. The number of nitrogens with two attached hydrogens (primary N) is 1. The first kappa shape index (κ1) is 24.7. The predicted molar refractivity (Wildman–Crippen MR) is 92.1 cm³/mol. The second-order valence-corrected chi connectivity index (χ2v) is 6.32. The number of carboxylic acids is 1. The third kappa shape index (κ3) is 7.86. The van der Waals surface area contributed by atoms with Crippen molar-refractivity contribution in [3.63, 3.8) is 0 Å². The summed E-state index contributed by atoms with van der Waals surface area (Å²) in [7, 11) is 0. The van der Waals surface area contributed by atoms with Gasteiger partial charge in [0.15, 0.2) is 0 Å². The minimum Gasteiger partial charge on any atom is -0.480 e. The van der Waals surface area contributed by atoms with Crippen LogP contribution < -0.4 is 21.7 Å². The number of carbonyl (C=O) groups is 4. The van der Waals surface area contributed by atoms with Crippen molar-refractivity contribution < 1.29 is 39.6 Å². The molecule has 3 amide bonds. The molecule has 0 aromatic rings. The van der Waals surface area contributed by atoms with Crippen LogP contribution in [0, 0.1) is 5.92 Å². The van der Waals surface area contributed by atoms with E-state index in [1.807, 2.05) is 5.32 Å². The van der Waals surface area contributed by atoms with Crippen LogP contribution in [0.15, 0.2) is 0 Å². The summed E-state index contributed by atoms with van der Waals surface area (Å²) in [6, 6.07) is -5.50. The van der Waals surface area contributed by atoms with E-state index in [2.05, 4.69) is 10.6 Å². The quantitative estimate of drug-likeness (QED) is 0.171. The number of amides is 3. The lowest BCUT2D eigenvalue weighted by Gasteiger charge is -2.26. The fourth-order valence-electron chi connectivity index (χ4n) is 1.92. The van der Waals surface area contributed by atoms with Crippen molar-refractivity contribution >= 4 is 23.7 Å². The van der Waals surface area contributed by atoms with Crippen LogP contribution in [0.2, 0.25) is 0 Å². The van der Waals surface area contributed by atoms with Crippen molar-refractivity contribution in [1.29, 1.82) is 0 Å². The van der Waals surface area contributed by atoms with Crippen LogP contribution in [0.5, 0.6) is 0 Å². The summed E-state index contributed by atoms with van der Waals surface area (Å²) >= 11 is 0. The molecule has 0 aromatic heterocycles. The number of carbonyl (C=O) groups excluding carboxylic acids is 3. The standard InChI is InChI=1S/C15H28N4O8/c1-6(2)11(19-13(24)10(16)7(3)22)14(25)17-8(4-20)12(23)18-9(5-21)15(26)27/h6-11,20-22H,4-5,16H2,1-3H3,(H,17,25)(H,18,23)(H,19,24)(H,26,27). The molecule has 5 unspecified atom stereocenters. The molecular formula is C15H28N4O8. The summed E-state index contributed by atoms with van der Waals surface area (Å²) in [6.07, 6.45) is -1.15. The van der Waals surface area contributed by atoms with Gasteiger partial charge in [-0.25, -0.2) is 4.79 Å². The predicted octanol–water partition coefficient (Wildman–Crippen LogP) is -4.13. The first-order valence-electron chi connectivity index (χ1n) is 8.25.